The predicted octanol–water partition coefficient (Wildman–Crippen LogP) is 0.440. The van der Waals surface area contributed by atoms with Crippen LogP contribution in [0, 0.1) is 5.41 Å². The van der Waals surface area contributed by atoms with Crippen LogP contribution >= 0.6 is 0 Å². The molecule has 18 heavy (non-hydrogen) atoms. The number of rotatable bonds is 5. The highest BCUT2D eigenvalue weighted by molar-refractivity contribution is 6.36. The Kier molecular flexibility index (Phi) is 5.75. The zero-order valence-electron chi connectivity index (χ0n) is 11.6. The lowest BCUT2D eigenvalue weighted by molar-refractivity contribution is -0.139. The van der Waals surface area contributed by atoms with Gasteiger partial charge in [-0.3, -0.25) is 14.5 Å². The normalized spacial score (nSPS) is 17.5. The molecule has 1 amide bonds. The van der Waals surface area contributed by atoms with Gasteiger partial charge in [-0.15, -0.1) is 0 Å². The summed E-state index contributed by atoms with van der Waals surface area (Å²) in [6.45, 7) is 10.4. The van der Waals surface area contributed by atoms with Crippen molar-refractivity contribution < 1.29 is 14.3 Å². The highest BCUT2D eigenvalue weighted by atomic mass is 16.5. The van der Waals surface area contributed by atoms with Crippen LogP contribution in [-0.4, -0.2) is 56.0 Å². The Bertz CT molecular complexity index is 291. The van der Waals surface area contributed by atoms with Crippen LogP contribution in [0.1, 0.15) is 27.2 Å². The van der Waals surface area contributed by atoms with Gasteiger partial charge in [-0.05, 0) is 5.41 Å². The third-order valence-corrected chi connectivity index (χ3v) is 2.76. The molecule has 0 unspecified atom stereocenters. The predicted molar refractivity (Wildman–Crippen MR) is 69.3 cm³/mol. The number of nitrogens with one attached hydrogen (secondary N) is 1. The van der Waals surface area contributed by atoms with Crippen molar-refractivity contribution in [1.82, 2.24) is 10.2 Å². The lowest BCUT2D eigenvalue weighted by Gasteiger charge is -2.26. The summed E-state index contributed by atoms with van der Waals surface area (Å²) >= 11 is 0. The molecule has 5 heteroatoms. The number of hydrogen-bond acceptors (Lipinski definition) is 4. The minimum atomic E-state index is -0.460. The van der Waals surface area contributed by atoms with Gasteiger partial charge in [0, 0.05) is 32.6 Å². The summed E-state index contributed by atoms with van der Waals surface area (Å²) in [6, 6.07) is 0. The number of ether oxygens (including phenoxy) is 1. The van der Waals surface area contributed by atoms with Crippen LogP contribution in [0.15, 0.2) is 0 Å². The fourth-order valence-corrected chi connectivity index (χ4v) is 1.81. The number of amides is 1. The first-order valence-corrected chi connectivity index (χ1v) is 6.49. The van der Waals surface area contributed by atoms with Crippen molar-refractivity contribution in [1.29, 1.82) is 0 Å². The SMILES string of the molecule is CC(C)(C)CC(=O)C(=O)NCCN1CCOCC1. The van der Waals surface area contributed by atoms with Gasteiger partial charge in [-0.25, -0.2) is 0 Å². The molecule has 104 valence electrons. The molecule has 0 aromatic heterocycles. The molecule has 1 aliphatic rings. The molecule has 0 saturated carbocycles. The van der Waals surface area contributed by atoms with E-state index in [0.717, 1.165) is 32.8 Å². The third-order valence-electron chi connectivity index (χ3n) is 2.76. The minimum absolute atomic E-state index is 0.140. The number of carbonyl (C=O) groups excluding carboxylic acids is 2. The smallest absolute Gasteiger partial charge is 0.287 e. The Balaban J connectivity index is 2.18. The summed E-state index contributed by atoms with van der Waals surface area (Å²) < 4.78 is 5.24. The second-order valence-corrected chi connectivity index (χ2v) is 5.87. The van der Waals surface area contributed by atoms with E-state index in [4.69, 9.17) is 4.74 Å². The van der Waals surface area contributed by atoms with Crippen LogP contribution < -0.4 is 5.32 Å². The number of nitrogens with zero attached hydrogens (tertiary/aromatic N) is 1. The Hall–Kier alpha value is -0.940. The van der Waals surface area contributed by atoms with E-state index < -0.39 is 5.91 Å². The van der Waals surface area contributed by atoms with Gasteiger partial charge in [0.25, 0.3) is 5.91 Å². The van der Waals surface area contributed by atoms with Gasteiger partial charge in [0.05, 0.1) is 13.2 Å². The van der Waals surface area contributed by atoms with Gasteiger partial charge < -0.3 is 10.1 Å². The quantitative estimate of drug-likeness (QED) is 0.725. The Morgan fingerprint density at radius 1 is 1.22 bits per heavy atom. The van der Waals surface area contributed by atoms with E-state index in [9.17, 15) is 9.59 Å². The van der Waals surface area contributed by atoms with E-state index >= 15 is 0 Å². The van der Waals surface area contributed by atoms with Crippen LogP contribution in [0.2, 0.25) is 0 Å². The highest BCUT2D eigenvalue weighted by Crippen LogP contribution is 2.18. The Morgan fingerprint density at radius 3 is 2.39 bits per heavy atom. The fourth-order valence-electron chi connectivity index (χ4n) is 1.81. The average Bonchev–Trinajstić information content (AvgIpc) is 2.28. The van der Waals surface area contributed by atoms with E-state index in [1.165, 1.54) is 0 Å². The maximum Gasteiger partial charge on any atom is 0.287 e. The maximum atomic E-state index is 11.6. The number of hydrogen-bond donors (Lipinski definition) is 1. The summed E-state index contributed by atoms with van der Waals surface area (Å²) in [7, 11) is 0. The van der Waals surface area contributed by atoms with E-state index in [1.807, 2.05) is 20.8 Å². The van der Waals surface area contributed by atoms with Crippen molar-refractivity contribution in [2.75, 3.05) is 39.4 Å². The molecular formula is C13H24N2O3. The van der Waals surface area contributed by atoms with Crippen LogP contribution in [0.25, 0.3) is 0 Å². The van der Waals surface area contributed by atoms with Crippen molar-refractivity contribution in [3.05, 3.63) is 0 Å². The first kappa shape index (κ1) is 15.1. The summed E-state index contributed by atoms with van der Waals surface area (Å²) in [5.41, 5.74) is -0.140. The number of carbonyl (C=O) groups is 2. The fraction of sp³-hybridized carbons (Fsp3) is 0.846. The van der Waals surface area contributed by atoms with Gasteiger partial charge >= 0.3 is 0 Å². The second kappa shape index (κ2) is 6.85. The Morgan fingerprint density at radius 2 is 1.83 bits per heavy atom. The molecule has 0 aliphatic carbocycles. The van der Waals surface area contributed by atoms with Gasteiger partial charge in [0.2, 0.25) is 5.78 Å². The van der Waals surface area contributed by atoms with Crippen LogP contribution in [0.5, 0.6) is 0 Å². The number of ketones is 1. The van der Waals surface area contributed by atoms with Crippen molar-refractivity contribution in [3.8, 4) is 0 Å². The van der Waals surface area contributed by atoms with Gasteiger partial charge in [0.15, 0.2) is 0 Å². The lowest BCUT2D eigenvalue weighted by atomic mass is 9.90. The zero-order chi connectivity index (χ0) is 13.6. The van der Waals surface area contributed by atoms with Crippen LogP contribution in [-0.2, 0) is 14.3 Å². The van der Waals surface area contributed by atoms with Crippen molar-refractivity contribution in [3.63, 3.8) is 0 Å². The Labute approximate surface area is 109 Å². The third kappa shape index (κ3) is 6.12. The molecule has 1 saturated heterocycles. The molecule has 1 N–H and O–H groups in total. The van der Waals surface area contributed by atoms with Crippen molar-refractivity contribution in [2.24, 2.45) is 5.41 Å². The summed E-state index contributed by atoms with van der Waals surface area (Å²) in [5, 5.41) is 2.68. The lowest BCUT2D eigenvalue weighted by Crippen LogP contribution is -2.42. The van der Waals surface area contributed by atoms with E-state index in [0.29, 0.717) is 6.54 Å². The molecule has 1 aliphatic heterocycles. The van der Waals surface area contributed by atoms with Crippen molar-refractivity contribution in [2.45, 2.75) is 27.2 Å². The highest BCUT2D eigenvalue weighted by Gasteiger charge is 2.21. The van der Waals surface area contributed by atoms with Gasteiger partial charge in [-0.1, -0.05) is 20.8 Å². The monoisotopic (exact) mass is 256 g/mol. The van der Waals surface area contributed by atoms with Crippen molar-refractivity contribution >= 4 is 11.7 Å². The minimum Gasteiger partial charge on any atom is -0.379 e. The average molecular weight is 256 g/mol. The van der Waals surface area contributed by atoms with Gasteiger partial charge in [0.1, 0.15) is 0 Å². The molecule has 0 radical (unpaired) electrons. The molecule has 0 atom stereocenters. The molecule has 0 aromatic rings. The van der Waals surface area contributed by atoms with Crippen LogP contribution in [0.4, 0.5) is 0 Å². The first-order valence-electron chi connectivity index (χ1n) is 6.49. The molecule has 0 bridgehead atoms. The summed E-state index contributed by atoms with van der Waals surface area (Å²) in [5.74, 6) is -0.789. The molecule has 0 aromatic carbocycles. The largest absolute Gasteiger partial charge is 0.379 e. The molecular weight excluding hydrogens is 232 g/mol. The molecule has 1 fully saturated rings. The van der Waals surface area contributed by atoms with Gasteiger partial charge in [-0.2, -0.15) is 0 Å². The molecule has 0 spiro atoms. The number of Topliss-reactive ketones (excluding diaryl/α,β-unsaturated/α-hetero) is 1. The number of morpholine rings is 1. The topological polar surface area (TPSA) is 58.6 Å². The van der Waals surface area contributed by atoms with E-state index in [-0.39, 0.29) is 17.6 Å². The molecule has 1 rings (SSSR count). The van der Waals surface area contributed by atoms with E-state index in [1.54, 1.807) is 0 Å². The summed E-state index contributed by atoms with van der Waals surface area (Å²) in [4.78, 5) is 25.4. The maximum absolute atomic E-state index is 11.6. The molecule has 5 nitrogen and oxygen atoms in total. The van der Waals surface area contributed by atoms with E-state index in [2.05, 4.69) is 10.2 Å². The summed E-state index contributed by atoms with van der Waals surface area (Å²) in [6.07, 6.45) is 0.288. The van der Waals surface area contributed by atoms with Crippen LogP contribution in [0.3, 0.4) is 0 Å². The molecule has 1 heterocycles. The first-order chi connectivity index (χ1) is 8.38. The zero-order valence-corrected chi connectivity index (χ0v) is 11.6. The second-order valence-electron chi connectivity index (χ2n) is 5.87. The standard InChI is InChI=1S/C13H24N2O3/c1-13(2,3)10-11(16)12(17)14-4-5-15-6-8-18-9-7-15/h4-10H2,1-3H3,(H,14,17).